The lowest BCUT2D eigenvalue weighted by Gasteiger charge is -2.32. The van der Waals surface area contributed by atoms with Crippen LogP contribution in [0.4, 0.5) is 0 Å². The zero-order valence-electron chi connectivity index (χ0n) is 25.5. The summed E-state index contributed by atoms with van der Waals surface area (Å²) < 4.78 is 0. The van der Waals surface area contributed by atoms with Crippen molar-refractivity contribution in [1.82, 2.24) is 30.7 Å². The molecule has 0 bridgehead atoms. The van der Waals surface area contributed by atoms with Crippen LogP contribution in [0.25, 0.3) is 0 Å². The molecule has 0 spiro atoms. The minimum absolute atomic E-state index is 0.118. The summed E-state index contributed by atoms with van der Waals surface area (Å²) in [5.74, 6) is -2.54. The molecule has 0 aliphatic carbocycles. The summed E-state index contributed by atoms with van der Waals surface area (Å²) in [5.41, 5.74) is -0.892. The van der Waals surface area contributed by atoms with E-state index < -0.39 is 40.3 Å². The lowest BCUT2D eigenvalue weighted by atomic mass is 9.86. The Labute approximate surface area is 242 Å². The Morgan fingerprint density at radius 2 is 1.70 bits per heavy atom. The zero-order valence-corrected chi connectivity index (χ0v) is 26.3. The Balaban J connectivity index is 2.82. The van der Waals surface area contributed by atoms with Crippen LogP contribution in [0.15, 0.2) is 0 Å². The molecule has 1 rings (SSSR count). The number of likely N-dealkylation sites (tertiary alicyclic amines) is 1. The van der Waals surface area contributed by atoms with E-state index in [9.17, 15) is 28.8 Å². The Morgan fingerprint density at radius 3 is 2.25 bits per heavy atom. The molecule has 1 fully saturated rings. The number of thioether (sulfide) groups is 1. The van der Waals surface area contributed by atoms with E-state index in [0.29, 0.717) is 13.0 Å². The van der Waals surface area contributed by atoms with Crippen molar-refractivity contribution >= 4 is 47.1 Å². The summed E-state index contributed by atoms with van der Waals surface area (Å²) in [5, 5.41) is 7.94. The van der Waals surface area contributed by atoms with Gasteiger partial charge in [0.25, 0.3) is 0 Å². The van der Waals surface area contributed by atoms with E-state index in [-0.39, 0.29) is 49.0 Å². The van der Waals surface area contributed by atoms with Gasteiger partial charge in [0, 0.05) is 44.4 Å². The number of nitrogens with zero attached hydrogens (tertiary/aromatic N) is 3. The fourth-order valence-corrected chi connectivity index (χ4v) is 4.81. The van der Waals surface area contributed by atoms with Crippen LogP contribution in [0.5, 0.6) is 0 Å². The van der Waals surface area contributed by atoms with Gasteiger partial charge in [-0.15, -0.1) is 11.8 Å². The molecule has 1 saturated heterocycles. The van der Waals surface area contributed by atoms with Gasteiger partial charge in [0.05, 0.1) is 17.7 Å². The minimum Gasteiger partial charge on any atom is -0.344 e. The topological polar surface area (TPSA) is 148 Å². The van der Waals surface area contributed by atoms with Crippen molar-refractivity contribution in [2.75, 3.05) is 53.2 Å². The van der Waals surface area contributed by atoms with Gasteiger partial charge in [-0.2, -0.15) is 0 Å². The maximum atomic E-state index is 13.3. The molecule has 2 unspecified atom stereocenters. The van der Waals surface area contributed by atoms with E-state index >= 15 is 0 Å². The van der Waals surface area contributed by atoms with Crippen LogP contribution in [0, 0.1) is 5.41 Å². The van der Waals surface area contributed by atoms with Crippen molar-refractivity contribution in [1.29, 1.82) is 0 Å². The molecule has 2 atom stereocenters. The van der Waals surface area contributed by atoms with Gasteiger partial charge in [-0.05, 0) is 40.8 Å². The zero-order chi connectivity index (χ0) is 30.8. The molecular weight excluding hydrogens is 536 g/mol. The highest BCUT2D eigenvalue weighted by atomic mass is 32.2. The molecule has 12 nitrogen and oxygen atoms in total. The number of imide groups is 1. The normalized spacial score (nSPS) is 16.6. The van der Waals surface area contributed by atoms with Crippen LogP contribution >= 0.6 is 11.8 Å². The predicted molar refractivity (Wildman–Crippen MR) is 155 cm³/mol. The van der Waals surface area contributed by atoms with E-state index in [2.05, 4.69) is 16.0 Å². The van der Waals surface area contributed by atoms with E-state index in [1.165, 1.54) is 16.8 Å². The fraction of sp³-hybridized carbons (Fsp3) is 0.778. The number of hydrogen-bond donors (Lipinski definition) is 3. The Morgan fingerprint density at radius 1 is 1.07 bits per heavy atom. The first-order chi connectivity index (χ1) is 18.4. The largest absolute Gasteiger partial charge is 0.344 e. The second kappa shape index (κ2) is 15.5. The summed E-state index contributed by atoms with van der Waals surface area (Å²) in [4.78, 5) is 80.5. The average Bonchev–Trinajstić information content (AvgIpc) is 3.10. The van der Waals surface area contributed by atoms with Crippen molar-refractivity contribution in [3.05, 3.63) is 0 Å². The van der Waals surface area contributed by atoms with E-state index in [1.807, 2.05) is 27.8 Å². The van der Waals surface area contributed by atoms with Crippen molar-refractivity contribution in [2.24, 2.45) is 5.41 Å². The average molecular weight is 585 g/mol. The van der Waals surface area contributed by atoms with Gasteiger partial charge in [-0.3, -0.25) is 39.0 Å². The number of carbonyl (C=O) groups is 6. The number of hydrogen-bond acceptors (Lipinski definition) is 9. The monoisotopic (exact) mass is 584 g/mol. The van der Waals surface area contributed by atoms with Crippen LogP contribution < -0.4 is 16.0 Å². The highest BCUT2D eigenvalue weighted by Crippen LogP contribution is 2.26. The summed E-state index contributed by atoms with van der Waals surface area (Å²) in [6.07, 6.45) is 0.470. The number of Topliss-reactive ketones (excluding diaryl/α,β-unsaturated/α-hetero) is 1. The standard InChI is InChI=1S/C27H48N6O6S/c1-26(2,3)20(34)13-18(24(38)31(8)12-10-11-28-7)32(9)23(37)16-40-19-14-22(36)33(25(19)39)15-21(35)29-17-30-27(4,5)6/h18-19,28,30H,10-17H2,1-9H3,(H,29,35). The molecule has 1 heterocycles. The minimum atomic E-state index is -0.984. The highest BCUT2D eigenvalue weighted by Gasteiger charge is 2.41. The van der Waals surface area contributed by atoms with Crippen LogP contribution in [-0.4, -0.2) is 120 Å². The molecule has 3 N–H and O–H groups in total. The van der Waals surface area contributed by atoms with E-state index in [1.54, 1.807) is 27.8 Å². The molecule has 0 saturated carbocycles. The first kappa shape index (κ1) is 35.5. The number of ketones is 1. The van der Waals surface area contributed by atoms with Gasteiger partial charge < -0.3 is 20.4 Å². The second-order valence-electron chi connectivity index (χ2n) is 12.1. The summed E-state index contributed by atoms with van der Waals surface area (Å²) >= 11 is 0.998. The number of carbonyl (C=O) groups excluding carboxylic acids is 6. The predicted octanol–water partition coefficient (Wildman–Crippen LogP) is 0.209. The van der Waals surface area contributed by atoms with Crippen LogP contribution in [-0.2, 0) is 28.8 Å². The van der Waals surface area contributed by atoms with Crippen LogP contribution in [0.2, 0.25) is 0 Å². The molecule has 0 radical (unpaired) electrons. The Bertz CT molecular complexity index is 945. The summed E-state index contributed by atoms with van der Waals surface area (Å²) in [7, 11) is 4.94. The van der Waals surface area contributed by atoms with Gasteiger partial charge in [-0.1, -0.05) is 20.8 Å². The molecular formula is C27H48N6O6S. The third kappa shape index (κ3) is 11.5. The Kier molecular flexibility index (Phi) is 13.7. The lowest BCUT2D eigenvalue weighted by molar-refractivity contribution is -0.145. The molecule has 0 aromatic carbocycles. The molecule has 13 heteroatoms. The van der Waals surface area contributed by atoms with Gasteiger partial charge in [-0.25, -0.2) is 0 Å². The first-order valence-corrected chi connectivity index (χ1v) is 14.6. The summed E-state index contributed by atoms with van der Waals surface area (Å²) in [6, 6.07) is -0.984. The van der Waals surface area contributed by atoms with Crippen molar-refractivity contribution in [2.45, 2.75) is 77.6 Å². The molecule has 40 heavy (non-hydrogen) atoms. The number of nitrogens with one attached hydrogen (secondary N) is 3. The third-order valence-electron chi connectivity index (χ3n) is 6.47. The number of rotatable bonds is 15. The maximum absolute atomic E-state index is 13.3. The van der Waals surface area contributed by atoms with E-state index in [4.69, 9.17) is 0 Å². The second-order valence-corrected chi connectivity index (χ2v) is 13.3. The maximum Gasteiger partial charge on any atom is 0.245 e. The van der Waals surface area contributed by atoms with Gasteiger partial charge in [0.1, 0.15) is 18.4 Å². The quantitative estimate of drug-likeness (QED) is 0.140. The SMILES string of the molecule is CNCCCN(C)C(=O)C(CC(=O)C(C)(C)C)N(C)C(=O)CSC1CC(=O)N(CC(=O)NCNC(C)(C)C)C1=O. The first-order valence-electron chi connectivity index (χ1n) is 13.5. The molecule has 5 amide bonds. The fourth-order valence-electron chi connectivity index (χ4n) is 3.73. The number of amides is 5. The Hall–Kier alpha value is -2.51. The number of likely N-dealkylation sites (N-methyl/N-ethyl adjacent to an activating group) is 2. The smallest absolute Gasteiger partial charge is 0.245 e. The van der Waals surface area contributed by atoms with Gasteiger partial charge in [0.2, 0.25) is 29.5 Å². The van der Waals surface area contributed by atoms with Crippen molar-refractivity contribution < 1.29 is 28.8 Å². The van der Waals surface area contributed by atoms with Crippen LogP contribution in [0.3, 0.4) is 0 Å². The molecule has 0 aromatic heterocycles. The third-order valence-corrected chi connectivity index (χ3v) is 7.66. The molecule has 1 aliphatic rings. The lowest BCUT2D eigenvalue weighted by Crippen LogP contribution is -2.51. The highest BCUT2D eigenvalue weighted by molar-refractivity contribution is 8.01. The molecule has 1 aliphatic heterocycles. The van der Waals surface area contributed by atoms with Crippen molar-refractivity contribution in [3.63, 3.8) is 0 Å². The van der Waals surface area contributed by atoms with Gasteiger partial charge in [0.15, 0.2) is 0 Å². The molecule has 228 valence electrons. The van der Waals surface area contributed by atoms with Gasteiger partial charge >= 0.3 is 0 Å². The van der Waals surface area contributed by atoms with Crippen LogP contribution in [0.1, 0.15) is 60.8 Å². The van der Waals surface area contributed by atoms with Crippen molar-refractivity contribution in [3.8, 4) is 0 Å². The molecule has 0 aromatic rings. The van der Waals surface area contributed by atoms with E-state index in [0.717, 1.165) is 23.2 Å². The summed E-state index contributed by atoms with van der Waals surface area (Å²) in [6.45, 7) is 12.1.